The van der Waals surface area contributed by atoms with Gasteiger partial charge in [0.15, 0.2) is 5.78 Å². The van der Waals surface area contributed by atoms with Crippen molar-refractivity contribution in [3.05, 3.63) is 68.5 Å². The molecular formula is C18H15BrOS. The zero-order valence-electron chi connectivity index (χ0n) is 11.9. The van der Waals surface area contributed by atoms with Crippen molar-refractivity contribution in [1.29, 1.82) is 0 Å². The summed E-state index contributed by atoms with van der Waals surface area (Å²) < 4.78 is 2.19. The molecule has 0 atom stereocenters. The summed E-state index contributed by atoms with van der Waals surface area (Å²) >= 11 is 5.16. The first-order chi connectivity index (χ1) is 10.1. The van der Waals surface area contributed by atoms with Crippen molar-refractivity contribution >= 4 is 43.1 Å². The number of aryl methyl sites for hydroxylation is 2. The Morgan fingerprint density at radius 2 is 1.95 bits per heavy atom. The summed E-state index contributed by atoms with van der Waals surface area (Å²) in [4.78, 5) is 12.6. The number of Topliss-reactive ketones (excluding diaryl/α,β-unsaturated/α-hetero) is 1. The maximum absolute atomic E-state index is 12.6. The van der Waals surface area contributed by atoms with Gasteiger partial charge in [0.25, 0.3) is 0 Å². The smallest absolute Gasteiger partial charge is 0.168 e. The average molecular weight is 359 g/mol. The Hall–Kier alpha value is -1.45. The quantitative estimate of drug-likeness (QED) is 0.548. The lowest BCUT2D eigenvalue weighted by Gasteiger charge is -2.05. The van der Waals surface area contributed by atoms with Crippen molar-refractivity contribution in [2.45, 2.75) is 20.3 Å². The minimum atomic E-state index is 0.183. The molecular weight excluding hydrogens is 344 g/mol. The molecule has 3 rings (SSSR count). The van der Waals surface area contributed by atoms with Gasteiger partial charge in [0.2, 0.25) is 0 Å². The molecule has 0 amide bonds. The molecule has 3 heteroatoms. The summed E-state index contributed by atoms with van der Waals surface area (Å²) in [5.41, 5.74) is 4.40. The van der Waals surface area contributed by atoms with Crippen LogP contribution < -0.4 is 0 Å². The molecule has 0 saturated carbocycles. The van der Waals surface area contributed by atoms with Crippen LogP contribution in [0, 0.1) is 13.8 Å². The Bertz CT molecular complexity index is 832. The normalized spacial score (nSPS) is 11.0. The number of benzene rings is 2. The van der Waals surface area contributed by atoms with E-state index in [9.17, 15) is 4.79 Å². The second-order valence-corrected chi connectivity index (χ2v) is 7.02. The number of thiophene rings is 1. The molecule has 106 valence electrons. The predicted octanol–water partition coefficient (Wildman–Crippen LogP) is 5.71. The van der Waals surface area contributed by atoms with Crippen LogP contribution in [0.1, 0.15) is 27.0 Å². The highest BCUT2D eigenvalue weighted by molar-refractivity contribution is 9.10. The molecule has 0 radical (unpaired) electrons. The van der Waals surface area contributed by atoms with E-state index in [1.54, 1.807) is 11.3 Å². The van der Waals surface area contributed by atoms with E-state index in [2.05, 4.69) is 41.9 Å². The van der Waals surface area contributed by atoms with Crippen LogP contribution in [0.3, 0.4) is 0 Å². The topological polar surface area (TPSA) is 17.1 Å². The molecule has 2 aromatic carbocycles. The van der Waals surface area contributed by atoms with Crippen LogP contribution in [0.2, 0.25) is 0 Å². The van der Waals surface area contributed by atoms with E-state index in [0.29, 0.717) is 6.42 Å². The lowest BCUT2D eigenvalue weighted by molar-refractivity contribution is 0.0995. The number of halogens is 1. The minimum Gasteiger partial charge on any atom is -0.294 e. The van der Waals surface area contributed by atoms with E-state index in [1.165, 1.54) is 11.1 Å². The second kappa shape index (κ2) is 5.74. The van der Waals surface area contributed by atoms with Crippen molar-refractivity contribution in [3.63, 3.8) is 0 Å². The molecule has 0 aliphatic heterocycles. The van der Waals surface area contributed by atoms with Crippen LogP contribution in [0.15, 0.2) is 46.3 Å². The van der Waals surface area contributed by atoms with Gasteiger partial charge >= 0.3 is 0 Å². The highest BCUT2D eigenvalue weighted by Crippen LogP contribution is 2.32. The number of carbonyl (C=O) groups is 1. The van der Waals surface area contributed by atoms with Crippen LogP contribution in [0.25, 0.3) is 10.1 Å². The predicted molar refractivity (Wildman–Crippen MR) is 93.5 cm³/mol. The van der Waals surface area contributed by atoms with Gasteiger partial charge in [-0.25, -0.2) is 0 Å². The largest absolute Gasteiger partial charge is 0.294 e. The highest BCUT2D eigenvalue weighted by Gasteiger charge is 2.14. The zero-order valence-corrected chi connectivity index (χ0v) is 14.3. The monoisotopic (exact) mass is 358 g/mol. The summed E-state index contributed by atoms with van der Waals surface area (Å²) in [7, 11) is 0. The molecule has 1 aromatic heterocycles. The number of carbonyl (C=O) groups excluding carboxylic acids is 1. The maximum atomic E-state index is 12.6. The highest BCUT2D eigenvalue weighted by atomic mass is 79.9. The van der Waals surface area contributed by atoms with Crippen molar-refractivity contribution in [3.8, 4) is 0 Å². The third kappa shape index (κ3) is 2.81. The summed E-state index contributed by atoms with van der Waals surface area (Å²) in [6, 6.07) is 12.2. The van der Waals surface area contributed by atoms with Gasteiger partial charge in [0.05, 0.1) is 0 Å². The molecule has 0 aliphatic carbocycles. The van der Waals surface area contributed by atoms with Crippen LogP contribution in [0.4, 0.5) is 0 Å². The standard InChI is InChI=1S/C18H15BrOS/c1-11-6-7-13(8-12(11)2)9-17(20)15-10-21-18-14(15)4-3-5-16(18)19/h3-8,10H,9H2,1-2H3. The Kier molecular flexibility index (Phi) is 3.96. The van der Waals surface area contributed by atoms with Gasteiger partial charge in [-0.1, -0.05) is 30.3 Å². The van der Waals surface area contributed by atoms with Gasteiger partial charge in [-0.15, -0.1) is 11.3 Å². The molecule has 0 aliphatic rings. The van der Waals surface area contributed by atoms with Crippen LogP contribution in [-0.4, -0.2) is 5.78 Å². The fourth-order valence-corrected chi connectivity index (χ4v) is 4.06. The van der Waals surface area contributed by atoms with Crippen molar-refractivity contribution in [2.24, 2.45) is 0 Å². The summed E-state index contributed by atoms with van der Waals surface area (Å²) in [5, 5.41) is 3.02. The number of rotatable bonds is 3. The third-order valence-electron chi connectivity index (χ3n) is 3.79. The first-order valence-corrected chi connectivity index (χ1v) is 8.48. The van der Waals surface area contributed by atoms with Gasteiger partial charge in [-0.3, -0.25) is 4.79 Å². The third-order valence-corrected chi connectivity index (χ3v) is 5.74. The van der Waals surface area contributed by atoms with E-state index in [0.717, 1.165) is 25.7 Å². The van der Waals surface area contributed by atoms with Crippen LogP contribution >= 0.6 is 27.3 Å². The van der Waals surface area contributed by atoms with Crippen LogP contribution in [-0.2, 0) is 6.42 Å². The molecule has 0 N–H and O–H groups in total. The first kappa shape index (κ1) is 14.5. The van der Waals surface area contributed by atoms with E-state index in [4.69, 9.17) is 0 Å². The number of fused-ring (bicyclic) bond motifs is 1. The molecule has 0 saturated heterocycles. The van der Waals surface area contributed by atoms with E-state index in [-0.39, 0.29) is 5.78 Å². The first-order valence-electron chi connectivity index (χ1n) is 6.81. The van der Waals surface area contributed by atoms with Gasteiger partial charge in [-0.2, -0.15) is 0 Å². The van der Waals surface area contributed by atoms with Crippen molar-refractivity contribution in [2.75, 3.05) is 0 Å². The summed E-state index contributed by atoms with van der Waals surface area (Å²) in [6.07, 6.45) is 0.458. The molecule has 0 bridgehead atoms. The van der Waals surface area contributed by atoms with E-state index in [1.807, 2.05) is 29.6 Å². The van der Waals surface area contributed by atoms with Crippen molar-refractivity contribution in [1.82, 2.24) is 0 Å². The molecule has 0 fully saturated rings. The molecule has 0 unspecified atom stereocenters. The molecule has 1 heterocycles. The van der Waals surface area contributed by atoms with Gasteiger partial charge in [0, 0.05) is 31.9 Å². The average Bonchev–Trinajstić information content (AvgIpc) is 2.88. The Morgan fingerprint density at radius 3 is 2.71 bits per heavy atom. The zero-order chi connectivity index (χ0) is 15.0. The summed E-state index contributed by atoms with van der Waals surface area (Å²) in [5.74, 6) is 0.183. The molecule has 0 spiro atoms. The maximum Gasteiger partial charge on any atom is 0.168 e. The SMILES string of the molecule is Cc1ccc(CC(=O)c2csc3c(Br)cccc23)cc1C. The van der Waals surface area contributed by atoms with E-state index < -0.39 is 0 Å². The Morgan fingerprint density at radius 1 is 1.14 bits per heavy atom. The summed E-state index contributed by atoms with van der Waals surface area (Å²) in [6.45, 7) is 4.17. The lowest BCUT2D eigenvalue weighted by atomic mass is 9.99. The Labute approximate surface area is 136 Å². The molecule has 1 nitrogen and oxygen atoms in total. The van der Waals surface area contributed by atoms with Gasteiger partial charge < -0.3 is 0 Å². The number of ketones is 1. The van der Waals surface area contributed by atoms with Gasteiger partial charge in [0.1, 0.15) is 0 Å². The number of hydrogen-bond donors (Lipinski definition) is 0. The fraction of sp³-hybridized carbons (Fsp3) is 0.167. The van der Waals surface area contributed by atoms with Gasteiger partial charge in [-0.05, 0) is 52.5 Å². The minimum absolute atomic E-state index is 0.183. The number of hydrogen-bond acceptors (Lipinski definition) is 2. The van der Waals surface area contributed by atoms with Crippen LogP contribution in [0.5, 0.6) is 0 Å². The molecule has 3 aromatic rings. The molecule has 21 heavy (non-hydrogen) atoms. The van der Waals surface area contributed by atoms with E-state index >= 15 is 0 Å². The fourth-order valence-electron chi connectivity index (χ4n) is 2.43. The van der Waals surface area contributed by atoms with Crippen molar-refractivity contribution < 1.29 is 4.79 Å². The Balaban J connectivity index is 1.94. The lowest BCUT2D eigenvalue weighted by Crippen LogP contribution is -2.03. The second-order valence-electron chi connectivity index (χ2n) is 5.28.